The molecule has 2 N–H and O–H groups in total. The van der Waals surface area contributed by atoms with Crippen LogP contribution >= 0.6 is 0 Å². The summed E-state index contributed by atoms with van der Waals surface area (Å²) in [5.41, 5.74) is 0.900. The van der Waals surface area contributed by atoms with Crippen LogP contribution < -0.4 is 16.3 Å². The van der Waals surface area contributed by atoms with E-state index in [1.54, 1.807) is 37.4 Å². The summed E-state index contributed by atoms with van der Waals surface area (Å²) in [6, 6.07) is 10.7. The van der Waals surface area contributed by atoms with Crippen LogP contribution in [-0.2, 0) is 22.8 Å². The third-order valence-corrected chi connectivity index (χ3v) is 11.2. The van der Waals surface area contributed by atoms with Crippen LogP contribution in [0.5, 0.6) is 0 Å². The summed E-state index contributed by atoms with van der Waals surface area (Å²) < 4.78 is 60.2. The predicted molar refractivity (Wildman–Crippen MR) is 202 cm³/mol. The third kappa shape index (κ3) is 7.21. The summed E-state index contributed by atoms with van der Waals surface area (Å²) in [5.74, 6) is -1.44. The zero-order valence-corrected chi connectivity index (χ0v) is 30.7. The molecular formula is C40H37F4N9O4. The molecule has 3 amide bonds. The van der Waals surface area contributed by atoms with Gasteiger partial charge in [-0.3, -0.25) is 38.4 Å². The van der Waals surface area contributed by atoms with Crippen molar-refractivity contribution in [1.82, 2.24) is 34.1 Å². The molecule has 2 unspecified atom stereocenters. The minimum atomic E-state index is -4.71. The number of rotatable bonds is 7. The number of nitrogens with one attached hydrogen (secondary N) is 2. The Morgan fingerprint density at radius 3 is 2.54 bits per heavy atom. The first kappa shape index (κ1) is 37.8. The SMILES string of the molecule is [C-]#[N+]c1cc2nn(C3CCC(CN4CC=C(c5cccc6c5n(C)c(=O)n6C5CCC(=O)NC5=O)C(F)C4)CC3)cc2cc1NC(=O)c1cccc(C(F)(F)F)n1. The number of anilines is 1. The van der Waals surface area contributed by atoms with Crippen molar-refractivity contribution < 1.29 is 31.9 Å². The lowest BCUT2D eigenvalue weighted by Crippen LogP contribution is -2.44. The topological polar surface area (TPSA) is 141 Å². The van der Waals surface area contributed by atoms with Crippen molar-refractivity contribution in [1.29, 1.82) is 0 Å². The van der Waals surface area contributed by atoms with Crippen LogP contribution in [0.2, 0.25) is 0 Å². The van der Waals surface area contributed by atoms with Gasteiger partial charge in [0.15, 0.2) is 0 Å². The number of hydrogen-bond donors (Lipinski definition) is 2. The Balaban J connectivity index is 0.916. The Morgan fingerprint density at radius 2 is 1.82 bits per heavy atom. The molecular weight excluding hydrogens is 746 g/mol. The summed E-state index contributed by atoms with van der Waals surface area (Å²) in [4.78, 5) is 59.7. The highest BCUT2D eigenvalue weighted by atomic mass is 19.4. The van der Waals surface area contributed by atoms with Gasteiger partial charge >= 0.3 is 11.9 Å². The molecule has 3 aromatic heterocycles. The summed E-state index contributed by atoms with van der Waals surface area (Å²) in [7, 11) is 1.61. The number of para-hydroxylation sites is 1. The molecule has 8 rings (SSSR count). The minimum absolute atomic E-state index is 0.0822. The number of amides is 3. The number of carbonyl (C=O) groups excluding carboxylic acids is 3. The van der Waals surface area contributed by atoms with Crippen molar-refractivity contribution in [3.8, 4) is 0 Å². The van der Waals surface area contributed by atoms with Crippen LogP contribution in [0.1, 0.15) is 72.4 Å². The van der Waals surface area contributed by atoms with Gasteiger partial charge in [0.2, 0.25) is 17.5 Å². The number of carbonyl (C=O) groups is 3. The number of hydrogen-bond acceptors (Lipinski definition) is 7. The van der Waals surface area contributed by atoms with Crippen LogP contribution in [0.4, 0.5) is 28.9 Å². The molecule has 2 atom stereocenters. The second-order valence-corrected chi connectivity index (χ2v) is 14.9. The van der Waals surface area contributed by atoms with E-state index < -0.39 is 47.3 Å². The number of fused-ring (bicyclic) bond motifs is 2. The maximum atomic E-state index is 16.0. The van der Waals surface area contributed by atoms with Gasteiger partial charge < -0.3 is 5.32 Å². The van der Waals surface area contributed by atoms with Crippen LogP contribution in [-0.4, -0.2) is 72.3 Å². The highest BCUT2D eigenvalue weighted by molar-refractivity contribution is 6.06. The summed E-state index contributed by atoms with van der Waals surface area (Å²) >= 11 is 0. The van der Waals surface area contributed by atoms with Crippen molar-refractivity contribution in [3.05, 3.63) is 99.7 Å². The van der Waals surface area contributed by atoms with Crippen LogP contribution in [0, 0.1) is 12.5 Å². The Hall–Kier alpha value is -6.15. The fraction of sp³-hybridized carbons (Fsp3) is 0.375. The molecule has 1 aliphatic carbocycles. The van der Waals surface area contributed by atoms with Crippen molar-refractivity contribution in [2.24, 2.45) is 13.0 Å². The lowest BCUT2D eigenvalue weighted by Gasteiger charge is -2.35. The monoisotopic (exact) mass is 783 g/mol. The third-order valence-electron chi connectivity index (χ3n) is 11.2. The van der Waals surface area contributed by atoms with E-state index in [0.717, 1.165) is 37.8 Å². The minimum Gasteiger partial charge on any atom is -0.330 e. The van der Waals surface area contributed by atoms with Gasteiger partial charge in [-0.25, -0.2) is 19.0 Å². The Bertz CT molecular complexity index is 2580. The molecule has 57 heavy (non-hydrogen) atoms. The number of halogens is 4. The first-order valence-electron chi connectivity index (χ1n) is 18.7. The van der Waals surface area contributed by atoms with Gasteiger partial charge in [0.1, 0.15) is 23.6 Å². The van der Waals surface area contributed by atoms with E-state index in [1.165, 1.54) is 15.2 Å². The van der Waals surface area contributed by atoms with E-state index in [2.05, 4.69) is 25.4 Å². The molecule has 0 radical (unpaired) electrons. The van der Waals surface area contributed by atoms with E-state index in [0.29, 0.717) is 52.1 Å². The van der Waals surface area contributed by atoms with Gasteiger partial charge in [-0.2, -0.15) is 18.3 Å². The van der Waals surface area contributed by atoms with Gasteiger partial charge in [0.05, 0.1) is 29.2 Å². The van der Waals surface area contributed by atoms with Gasteiger partial charge in [-0.05, 0) is 73.9 Å². The average Bonchev–Trinajstić information content (AvgIpc) is 3.71. The molecule has 1 saturated heterocycles. The quantitative estimate of drug-likeness (QED) is 0.111. The van der Waals surface area contributed by atoms with Crippen molar-refractivity contribution in [3.63, 3.8) is 0 Å². The zero-order chi connectivity index (χ0) is 40.2. The number of alkyl halides is 4. The number of imidazole rings is 1. The molecule has 1 saturated carbocycles. The maximum Gasteiger partial charge on any atom is 0.433 e. The molecule has 0 spiro atoms. The van der Waals surface area contributed by atoms with Crippen molar-refractivity contribution in [2.75, 3.05) is 25.0 Å². The average molecular weight is 784 g/mol. The lowest BCUT2D eigenvalue weighted by molar-refractivity contribution is -0.141. The van der Waals surface area contributed by atoms with E-state index >= 15 is 4.39 Å². The Morgan fingerprint density at radius 1 is 1.05 bits per heavy atom. The summed E-state index contributed by atoms with van der Waals surface area (Å²) in [6.45, 7) is 9.07. The normalized spacial score (nSPS) is 22.0. The molecule has 17 heteroatoms. The smallest absolute Gasteiger partial charge is 0.330 e. The number of benzene rings is 2. The number of pyridine rings is 1. The fourth-order valence-corrected chi connectivity index (χ4v) is 8.41. The Labute approximate surface area is 322 Å². The second-order valence-electron chi connectivity index (χ2n) is 14.9. The standard InChI is InChI=1S/C40H37F4N9O4/c1-45-30-18-29-23(17-31(30)47-37(55)28-6-4-8-34(46-28)40(42,43)44)20-52(49-29)24-11-9-22(10-12-24)19-51-16-15-25(27(41)21-51)26-5-3-7-32-36(26)50(2)39(57)53(32)33-13-14-35(54)48-38(33)56/h3-8,15,17-18,20,22,24,27,33H,9-14,16,19,21H2,2H3,(H,47,55)(H,48,54,56). The number of piperidine rings is 1. The van der Waals surface area contributed by atoms with Gasteiger partial charge in [0, 0.05) is 55.9 Å². The fourth-order valence-electron chi connectivity index (χ4n) is 8.41. The van der Waals surface area contributed by atoms with Gasteiger partial charge in [-0.15, -0.1) is 0 Å². The molecule has 2 aliphatic heterocycles. The molecule has 5 heterocycles. The number of aromatic nitrogens is 5. The molecule has 5 aromatic rings. The van der Waals surface area contributed by atoms with E-state index in [4.69, 9.17) is 11.7 Å². The first-order chi connectivity index (χ1) is 27.3. The van der Waals surface area contributed by atoms with E-state index in [-0.39, 0.29) is 42.7 Å². The van der Waals surface area contributed by atoms with E-state index in [9.17, 15) is 32.3 Å². The second kappa shape index (κ2) is 14.7. The van der Waals surface area contributed by atoms with Crippen molar-refractivity contribution in [2.45, 2.75) is 63.0 Å². The molecule has 2 fully saturated rings. The lowest BCUT2D eigenvalue weighted by atomic mass is 9.85. The molecule has 0 bridgehead atoms. The first-order valence-corrected chi connectivity index (χ1v) is 18.7. The molecule has 294 valence electrons. The van der Waals surface area contributed by atoms with Crippen LogP contribution in [0.15, 0.2) is 65.6 Å². The molecule has 2 aromatic carbocycles. The highest BCUT2D eigenvalue weighted by Crippen LogP contribution is 2.38. The summed E-state index contributed by atoms with van der Waals surface area (Å²) in [5, 5.41) is 10.2. The zero-order valence-electron chi connectivity index (χ0n) is 30.7. The predicted octanol–water partition coefficient (Wildman–Crippen LogP) is 6.35. The van der Waals surface area contributed by atoms with Crippen LogP contribution in [0.25, 0.3) is 32.4 Å². The summed E-state index contributed by atoms with van der Waals surface area (Å²) in [6.07, 6.45) is 1.46. The molecule has 13 nitrogen and oxygen atoms in total. The number of aryl methyl sites for hydroxylation is 1. The largest absolute Gasteiger partial charge is 0.433 e. The van der Waals surface area contributed by atoms with E-state index in [1.807, 2.05) is 17.0 Å². The number of imide groups is 1. The van der Waals surface area contributed by atoms with Crippen molar-refractivity contribution >= 4 is 56.6 Å². The van der Waals surface area contributed by atoms with Gasteiger partial charge in [-0.1, -0.05) is 24.3 Å². The van der Waals surface area contributed by atoms with Crippen LogP contribution in [0.3, 0.4) is 0 Å². The molecule has 3 aliphatic rings. The highest BCUT2D eigenvalue weighted by Gasteiger charge is 2.35. The van der Waals surface area contributed by atoms with Gasteiger partial charge in [0.25, 0.3) is 5.91 Å². The maximum absolute atomic E-state index is 16.0. The number of nitrogens with zero attached hydrogens (tertiary/aromatic N) is 7. The Kier molecular flexibility index (Phi) is 9.76.